The molecule has 0 bridgehead atoms. The molecule has 0 amide bonds. The maximum absolute atomic E-state index is 12.9. The second-order valence-corrected chi connectivity index (χ2v) is 22.4. The number of carbonyl (C=O) groups is 3. The molecule has 0 aliphatic carbocycles. The summed E-state index contributed by atoms with van der Waals surface area (Å²) in [5.41, 5.74) is 0. The smallest absolute Gasteiger partial charge is 0.306 e. The van der Waals surface area contributed by atoms with Gasteiger partial charge in [-0.3, -0.25) is 14.4 Å². The zero-order valence-corrected chi connectivity index (χ0v) is 51.7. The lowest BCUT2D eigenvalue weighted by Gasteiger charge is -2.18. The molecule has 0 heterocycles. The van der Waals surface area contributed by atoms with Crippen LogP contribution < -0.4 is 0 Å². The summed E-state index contributed by atoms with van der Waals surface area (Å²) in [6, 6.07) is 0. The fraction of sp³-hybridized carbons (Fsp3) is 0.764. The molecule has 1 unspecified atom stereocenters. The maximum Gasteiger partial charge on any atom is 0.306 e. The standard InChI is InChI=1S/C72H126O6/c1-4-7-10-13-16-19-22-25-28-30-32-34-35-36-37-39-40-42-44-47-50-53-56-59-62-65-71(74)77-68-69(67-76-70(73)64-61-58-55-52-49-46-27-24-21-18-15-12-9-6-3)78-72(75)66-63-60-57-54-51-48-45-43-41-38-33-31-29-26-23-20-17-14-11-8-5-2/h7,10,16,19,23,25-26,28,31-34,36-37,69H,4-6,8-9,11-15,17-18,20-22,24,27,29-30,35,38-68H2,1-3H3/b10-7-,19-16-,26-23-,28-25-,33-31-,34-32-,37-36-. The highest BCUT2D eigenvalue weighted by Gasteiger charge is 2.19. The van der Waals surface area contributed by atoms with Crippen molar-refractivity contribution in [1.29, 1.82) is 0 Å². The van der Waals surface area contributed by atoms with Gasteiger partial charge in [-0.25, -0.2) is 0 Å². The quantitative estimate of drug-likeness (QED) is 0.0261. The molecule has 0 aliphatic heterocycles. The SMILES string of the molecule is CC/C=C\C/C=C\C/C=C\C/C=C\C/C=C\CCCCCCCCCCCC(=O)OCC(COC(=O)CCCCCCCCCCCCCCCC)OC(=O)CCCCCCCCCCC/C=C\C/C=C\CCCCCCC. The van der Waals surface area contributed by atoms with Gasteiger partial charge in [0.05, 0.1) is 0 Å². The Morgan fingerprint density at radius 3 is 0.782 bits per heavy atom. The van der Waals surface area contributed by atoms with Crippen molar-refractivity contribution >= 4 is 17.9 Å². The molecule has 6 heteroatoms. The lowest BCUT2D eigenvalue weighted by atomic mass is 10.0. The molecular weight excluding hydrogens is 961 g/mol. The van der Waals surface area contributed by atoms with Crippen LogP contribution in [0.5, 0.6) is 0 Å². The first-order valence-corrected chi connectivity index (χ1v) is 33.6. The summed E-state index contributed by atoms with van der Waals surface area (Å²) in [4.78, 5) is 38.4. The maximum atomic E-state index is 12.9. The predicted octanol–water partition coefficient (Wildman–Crippen LogP) is 23.1. The van der Waals surface area contributed by atoms with Crippen molar-refractivity contribution in [3.63, 3.8) is 0 Å². The molecule has 0 fully saturated rings. The van der Waals surface area contributed by atoms with Crippen LogP contribution in [0.25, 0.3) is 0 Å². The molecule has 6 nitrogen and oxygen atoms in total. The van der Waals surface area contributed by atoms with Gasteiger partial charge in [-0.15, -0.1) is 0 Å². The number of rotatable bonds is 61. The van der Waals surface area contributed by atoms with Crippen molar-refractivity contribution < 1.29 is 28.6 Å². The van der Waals surface area contributed by atoms with E-state index < -0.39 is 6.10 Å². The zero-order valence-electron chi connectivity index (χ0n) is 51.7. The molecule has 0 aromatic heterocycles. The Kier molecular flexibility index (Phi) is 63.2. The van der Waals surface area contributed by atoms with E-state index in [0.29, 0.717) is 19.3 Å². The predicted molar refractivity (Wildman–Crippen MR) is 339 cm³/mol. The number of ether oxygens (including phenoxy) is 3. The van der Waals surface area contributed by atoms with Crippen LogP contribution in [0.1, 0.15) is 335 Å². The van der Waals surface area contributed by atoms with Crippen LogP contribution >= 0.6 is 0 Å². The van der Waals surface area contributed by atoms with E-state index in [-0.39, 0.29) is 31.1 Å². The van der Waals surface area contributed by atoms with Crippen LogP contribution in [0.2, 0.25) is 0 Å². The third kappa shape index (κ3) is 63.4. The second-order valence-electron chi connectivity index (χ2n) is 22.4. The van der Waals surface area contributed by atoms with E-state index in [1.165, 1.54) is 193 Å². The molecule has 450 valence electrons. The van der Waals surface area contributed by atoms with E-state index in [9.17, 15) is 14.4 Å². The van der Waals surface area contributed by atoms with Gasteiger partial charge in [-0.1, -0.05) is 305 Å². The van der Waals surface area contributed by atoms with Gasteiger partial charge in [-0.2, -0.15) is 0 Å². The van der Waals surface area contributed by atoms with Gasteiger partial charge in [0.2, 0.25) is 0 Å². The van der Waals surface area contributed by atoms with Crippen LogP contribution in [-0.4, -0.2) is 37.2 Å². The molecule has 0 aromatic carbocycles. The van der Waals surface area contributed by atoms with Gasteiger partial charge in [0.15, 0.2) is 6.10 Å². The number of allylic oxidation sites excluding steroid dienone is 14. The third-order valence-electron chi connectivity index (χ3n) is 14.6. The first kappa shape index (κ1) is 74.6. The average molecular weight is 1090 g/mol. The van der Waals surface area contributed by atoms with Crippen LogP contribution in [0, 0.1) is 0 Å². The van der Waals surface area contributed by atoms with Crippen molar-refractivity contribution in [2.24, 2.45) is 0 Å². The Hall–Kier alpha value is -3.41. The summed E-state index contributed by atoms with van der Waals surface area (Å²) in [5.74, 6) is -0.870. The molecular formula is C72H126O6. The molecule has 1 atom stereocenters. The van der Waals surface area contributed by atoms with E-state index in [1.54, 1.807) is 0 Å². The Morgan fingerprint density at radius 2 is 0.500 bits per heavy atom. The Morgan fingerprint density at radius 1 is 0.269 bits per heavy atom. The number of unbranched alkanes of at least 4 members (excludes halogenated alkanes) is 36. The first-order valence-electron chi connectivity index (χ1n) is 33.6. The van der Waals surface area contributed by atoms with Gasteiger partial charge < -0.3 is 14.2 Å². The van der Waals surface area contributed by atoms with Crippen LogP contribution in [0.15, 0.2) is 85.1 Å². The molecule has 0 rings (SSSR count). The van der Waals surface area contributed by atoms with Crippen LogP contribution in [0.4, 0.5) is 0 Å². The van der Waals surface area contributed by atoms with E-state index >= 15 is 0 Å². The summed E-state index contributed by atoms with van der Waals surface area (Å²) in [6.45, 7) is 6.55. The molecule has 0 spiro atoms. The number of hydrogen-bond acceptors (Lipinski definition) is 6. The fourth-order valence-electron chi connectivity index (χ4n) is 9.62. The van der Waals surface area contributed by atoms with Crippen molar-refractivity contribution in [2.45, 2.75) is 341 Å². The molecule has 78 heavy (non-hydrogen) atoms. The summed E-state index contributed by atoms with van der Waals surface area (Å²) in [5, 5.41) is 0. The highest BCUT2D eigenvalue weighted by Crippen LogP contribution is 2.17. The molecule has 0 saturated carbocycles. The summed E-state index contributed by atoms with van der Waals surface area (Å²) >= 11 is 0. The highest BCUT2D eigenvalue weighted by atomic mass is 16.6. The number of esters is 3. The summed E-state index contributed by atoms with van der Waals surface area (Å²) < 4.78 is 17.0. The normalized spacial score (nSPS) is 12.6. The van der Waals surface area contributed by atoms with E-state index in [0.717, 1.165) is 103 Å². The Bertz CT molecular complexity index is 1480. The lowest BCUT2D eigenvalue weighted by Crippen LogP contribution is -2.30. The molecule has 0 saturated heterocycles. The first-order chi connectivity index (χ1) is 38.5. The number of hydrogen-bond donors (Lipinski definition) is 0. The molecule has 0 aliphatic rings. The topological polar surface area (TPSA) is 78.9 Å². The van der Waals surface area contributed by atoms with Gasteiger partial charge >= 0.3 is 17.9 Å². The van der Waals surface area contributed by atoms with Gasteiger partial charge in [0.1, 0.15) is 13.2 Å². The minimum Gasteiger partial charge on any atom is -0.462 e. The minimum absolute atomic E-state index is 0.0766. The van der Waals surface area contributed by atoms with Crippen molar-refractivity contribution in [1.82, 2.24) is 0 Å². The van der Waals surface area contributed by atoms with Gasteiger partial charge in [0.25, 0.3) is 0 Å². The van der Waals surface area contributed by atoms with Crippen molar-refractivity contribution in [3.8, 4) is 0 Å². The van der Waals surface area contributed by atoms with Crippen LogP contribution in [-0.2, 0) is 28.6 Å². The van der Waals surface area contributed by atoms with Gasteiger partial charge in [0, 0.05) is 19.3 Å². The monoisotopic (exact) mass is 1090 g/mol. The second kappa shape index (κ2) is 66.1. The fourth-order valence-corrected chi connectivity index (χ4v) is 9.62. The van der Waals surface area contributed by atoms with E-state index in [4.69, 9.17) is 14.2 Å². The Balaban J connectivity index is 4.34. The van der Waals surface area contributed by atoms with Gasteiger partial charge in [-0.05, 0) is 96.3 Å². The zero-order chi connectivity index (χ0) is 56.4. The molecule has 0 radical (unpaired) electrons. The average Bonchev–Trinajstić information content (AvgIpc) is 3.44. The van der Waals surface area contributed by atoms with Crippen molar-refractivity contribution in [2.75, 3.05) is 13.2 Å². The Labute approximate surface area is 484 Å². The summed E-state index contributed by atoms with van der Waals surface area (Å²) in [7, 11) is 0. The van der Waals surface area contributed by atoms with Crippen LogP contribution in [0.3, 0.4) is 0 Å². The number of carbonyl (C=O) groups excluding carboxylic acids is 3. The summed E-state index contributed by atoms with van der Waals surface area (Å²) in [6.07, 6.45) is 87.3. The highest BCUT2D eigenvalue weighted by molar-refractivity contribution is 5.71. The minimum atomic E-state index is -0.781. The lowest BCUT2D eigenvalue weighted by molar-refractivity contribution is -0.167. The third-order valence-corrected chi connectivity index (χ3v) is 14.6. The van der Waals surface area contributed by atoms with E-state index in [2.05, 4.69) is 106 Å². The van der Waals surface area contributed by atoms with E-state index in [1.807, 2.05) is 0 Å². The largest absolute Gasteiger partial charge is 0.462 e. The van der Waals surface area contributed by atoms with Crippen molar-refractivity contribution in [3.05, 3.63) is 85.1 Å². The molecule has 0 N–H and O–H groups in total. The molecule has 0 aromatic rings.